The van der Waals surface area contributed by atoms with Gasteiger partial charge in [0.15, 0.2) is 6.10 Å². The molecule has 1 unspecified atom stereocenters. The molecule has 6 heteroatoms. The largest absolute Gasteiger partial charge is 0.462 e. The highest BCUT2D eigenvalue weighted by Crippen LogP contribution is 2.16. The third kappa shape index (κ3) is 66.8. The molecule has 0 rings (SSSR count). The molecule has 0 bridgehead atoms. The molecule has 0 saturated carbocycles. The van der Waals surface area contributed by atoms with Crippen molar-refractivity contribution in [2.45, 2.75) is 335 Å². The van der Waals surface area contributed by atoms with Crippen LogP contribution in [0.25, 0.3) is 0 Å². The second-order valence-electron chi connectivity index (χ2n) is 22.7. The van der Waals surface area contributed by atoms with Gasteiger partial charge in [0.25, 0.3) is 0 Å². The fourth-order valence-corrected chi connectivity index (χ4v) is 9.59. The summed E-state index contributed by atoms with van der Waals surface area (Å²) < 4.78 is 17.0. The van der Waals surface area contributed by atoms with Crippen molar-refractivity contribution in [1.82, 2.24) is 0 Å². The van der Waals surface area contributed by atoms with Crippen LogP contribution in [0.5, 0.6) is 0 Å². The summed E-state index contributed by atoms with van der Waals surface area (Å²) in [6, 6.07) is 0. The van der Waals surface area contributed by atoms with E-state index in [-0.39, 0.29) is 31.1 Å². The van der Waals surface area contributed by atoms with Crippen molar-refractivity contribution >= 4 is 17.9 Å². The average Bonchev–Trinajstić information content (AvgIpc) is 3.47. The Morgan fingerprint density at radius 3 is 0.790 bits per heavy atom. The summed E-state index contributed by atoms with van der Waals surface area (Å²) in [5, 5.41) is 0. The highest BCUT2D eigenvalue weighted by molar-refractivity contribution is 5.71. The molecule has 0 aliphatic heterocycles. The Morgan fingerprint density at radius 1 is 0.259 bits per heavy atom. The summed E-state index contributed by atoms with van der Waals surface area (Å²) in [6.45, 7) is 6.51. The third-order valence-electron chi connectivity index (χ3n) is 14.7. The number of rotatable bonds is 62. The molecular formula is C75H128O6. The van der Waals surface area contributed by atoms with Crippen LogP contribution in [0, 0.1) is 0 Å². The van der Waals surface area contributed by atoms with E-state index in [2.05, 4.69) is 130 Å². The number of carbonyl (C=O) groups is 3. The lowest BCUT2D eigenvalue weighted by Gasteiger charge is -2.18. The molecule has 0 aliphatic carbocycles. The first kappa shape index (κ1) is 77.1. The van der Waals surface area contributed by atoms with E-state index in [9.17, 15) is 14.4 Å². The molecule has 0 aromatic carbocycles. The van der Waals surface area contributed by atoms with E-state index in [1.165, 1.54) is 167 Å². The van der Waals surface area contributed by atoms with Gasteiger partial charge in [0.05, 0.1) is 0 Å². The van der Waals surface area contributed by atoms with Gasteiger partial charge in [-0.1, -0.05) is 291 Å². The molecule has 0 radical (unpaired) electrons. The van der Waals surface area contributed by atoms with E-state index in [0.717, 1.165) is 122 Å². The third-order valence-corrected chi connectivity index (χ3v) is 14.7. The van der Waals surface area contributed by atoms with Crippen LogP contribution in [0.3, 0.4) is 0 Å². The Balaban J connectivity index is 4.32. The quantitative estimate of drug-likeness (QED) is 0.0261. The van der Waals surface area contributed by atoms with Gasteiger partial charge in [0.1, 0.15) is 13.2 Å². The number of unbranched alkanes of at least 4 members (excludes halogenated alkanes) is 33. The van der Waals surface area contributed by atoms with E-state index in [4.69, 9.17) is 14.2 Å². The molecule has 81 heavy (non-hydrogen) atoms. The molecule has 1 atom stereocenters. The lowest BCUT2D eigenvalue weighted by atomic mass is 10.0. The zero-order valence-electron chi connectivity index (χ0n) is 53.3. The molecule has 0 aliphatic rings. The molecule has 0 heterocycles. The number of ether oxygens (including phenoxy) is 3. The predicted octanol–water partition coefficient (Wildman–Crippen LogP) is 23.8. The van der Waals surface area contributed by atoms with Crippen LogP contribution in [-0.4, -0.2) is 37.2 Å². The van der Waals surface area contributed by atoms with Crippen molar-refractivity contribution < 1.29 is 28.6 Å². The van der Waals surface area contributed by atoms with Gasteiger partial charge in [-0.3, -0.25) is 14.4 Å². The van der Waals surface area contributed by atoms with Crippen LogP contribution in [0.2, 0.25) is 0 Å². The zero-order chi connectivity index (χ0) is 58.5. The smallest absolute Gasteiger partial charge is 0.306 e. The van der Waals surface area contributed by atoms with E-state index in [1.807, 2.05) is 0 Å². The van der Waals surface area contributed by atoms with Crippen LogP contribution < -0.4 is 0 Å². The highest BCUT2D eigenvalue weighted by atomic mass is 16.6. The first-order valence-corrected chi connectivity index (χ1v) is 34.4. The maximum atomic E-state index is 12.9. The Labute approximate surface area is 501 Å². The lowest BCUT2D eigenvalue weighted by Crippen LogP contribution is -2.30. The van der Waals surface area contributed by atoms with Gasteiger partial charge >= 0.3 is 17.9 Å². The molecule has 6 nitrogen and oxygen atoms in total. The van der Waals surface area contributed by atoms with Crippen LogP contribution in [0.15, 0.2) is 109 Å². The molecule has 0 aromatic heterocycles. The minimum absolute atomic E-state index is 0.0857. The van der Waals surface area contributed by atoms with E-state index < -0.39 is 6.10 Å². The van der Waals surface area contributed by atoms with Gasteiger partial charge in [0, 0.05) is 19.3 Å². The van der Waals surface area contributed by atoms with Crippen LogP contribution in [0.1, 0.15) is 329 Å². The standard InChI is InChI=1S/C75H128O6/c1-4-7-10-13-16-19-22-25-28-30-32-33-34-35-36-37-38-39-40-41-43-44-47-50-53-56-59-62-65-68-74(77)80-71-72(70-79-73(76)67-64-61-58-55-52-49-46-27-24-21-18-15-12-9-6-3)81-75(78)69-66-63-60-57-54-51-48-45-42-31-29-26-23-20-17-14-11-8-5-2/h7,10,16-17,19-20,25-29,32-33,35-36,42,45-46,72H,4-6,8-9,11-15,18,21-24,30-31,34,37-41,43-44,47-71H2,1-3H3/b10-7-,19-16-,20-17-,28-25-,29-26-,33-32-,36-35-,45-42-,46-27-. The Kier molecular flexibility index (Phi) is 65.2. The maximum absolute atomic E-state index is 12.9. The SMILES string of the molecule is CC/C=C\C/C=C\C/C=C\C/C=C\C/C=C\CCCCCCCCCCCCCCCC(=O)OCC(COC(=O)CCCCCCC/C=C\CCCCCCCC)OC(=O)CCCCCCCC/C=C\C/C=C\C/C=C\CCCCC. The molecule has 0 saturated heterocycles. The number of hydrogen-bond acceptors (Lipinski definition) is 6. The molecule has 0 fully saturated rings. The first-order valence-electron chi connectivity index (χ1n) is 34.4. The van der Waals surface area contributed by atoms with Crippen molar-refractivity contribution in [2.24, 2.45) is 0 Å². The molecule has 0 N–H and O–H groups in total. The Morgan fingerprint density at radius 2 is 0.481 bits per heavy atom. The fraction of sp³-hybridized carbons (Fsp3) is 0.720. The summed E-state index contributed by atoms with van der Waals surface area (Å²) in [4.78, 5) is 38.4. The minimum Gasteiger partial charge on any atom is -0.462 e. The predicted molar refractivity (Wildman–Crippen MR) is 353 cm³/mol. The van der Waals surface area contributed by atoms with Crippen molar-refractivity contribution in [3.63, 3.8) is 0 Å². The molecule has 0 aromatic rings. The molecule has 0 spiro atoms. The van der Waals surface area contributed by atoms with E-state index in [0.29, 0.717) is 19.3 Å². The van der Waals surface area contributed by atoms with Crippen molar-refractivity contribution in [3.05, 3.63) is 109 Å². The summed E-state index contributed by atoms with van der Waals surface area (Å²) in [6.07, 6.45) is 93.9. The normalized spacial score (nSPS) is 12.8. The van der Waals surface area contributed by atoms with E-state index in [1.54, 1.807) is 0 Å². The number of carbonyl (C=O) groups excluding carboxylic acids is 3. The second kappa shape index (κ2) is 68.6. The molecule has 464 valence electrons. The zero-order valence-corrected chi connectivity index (χ0v) is 53.3. The average molecular weight is 1130 g/mol. The summed E-state index contributed by atoms with van der Waals surface area (Å²) in [5.74, 6) is -0.896. The van der Waals surface area contributed by atoms with Gasteiger partial charge in [-0.2, -0.15) is 0 Å². The second-order valence-corrected chi connectivity index (χ2v) is 22.7. The Hall–Kier alpha value is -3.93. The topological polar surface area (TPSA) is 78.9 Å². The minimum atomic E-state index is -0.791. The number of hydrogen-bond donors (Lipinski definition) is 0. The van der Waals surface area contributed by atoms with Crippen molar-refractivity contribution in [2.75, 3.05) is 13.2 Å². The van der Waals surface area contributed by atoms with Crippen LogP contribution >= 0.6 is 0 Å². The summed E-state index contributed by atoms with van der Waals surface area (Å²) in [5.41, 5.74) is 0. The van der Waals surface area contributed by atoms with Gasteiger partial charge in [-0.15, -0.1) is 0 Å². The van der Waals surface area contributed by atoms with Gasteiger partial charge in [0.2, 0.25) is 0 Å². The monoisotopic (exact) mass is 1120 g/mol. The summed E-state index contributed by atoms with van der Waals surface area (Å²) >= 11 is 0. The Bertz CT molecular complexity index is 1620. The van der Waals surface area contributed by atoms with Gasteiger partial charge in [-0.25, -0.2) is 0 Å². The number of allylic oxidation sites excluding steroid dienone is 18. The van der Waals surface area contributed by atoms with E-state index >= 15 is 0 Å². The van der Waals surface area contributed by atoms with Gasteiger partial charge in [-0.05, 0) is 128 Å². The van der Waals surface area contributed by atoms with Crippen LogP contribution in [0.4, 0.5) is 0 Å². The maximum Gasteiger partial charge on any atom is 0.306 e. The first-order chi connectivity index (χ1) is 40.0. The highest BCUT2D eigenvalue weighted by Gasteiger charge is 2.19. The van der Waals surface area contributed by atoms with Crippen molar-refractivity contribution in [1.29, 1.82) is 0 Å². The van der Waals surface area contributed by atoms with Gasteiger partial charge < -0.3 is 14.2 Å². The molecule has 0 amide bonds. The van der Waals surface area contributed by atoms with Crippen LogP contribution in [-0.2, 0) is 28.6 Å². The van der Waals surface area contributed by atoms with Crippen molar-refractivity contribution in [3.8, 4) is 0 Å². The lowest BCUT2D eigenvalue weighted by molar-refractivity contribution is -0.167. The fourth-order valence-electron chi connectivity index (χ4n) is 9.59. The number of esters is 3. The summed E-state index contributed by atoms with van der Waals surface area (Å²) in [7, 11) is 0. The molecular weight excluding hydrogens is 997 g/mol.